The first-order chi connectivity index (χ1) is 11.0. The highest BCUT2D eigenvalue weighted by molar-refractivity contribution is 6.00. The fourth-order valence-electron chi connectivity index (χ4n) is 2.93. The third kappa shape index (κ3) is 3.46. The number of hydrogen-bond donors (Lipinski definition) is 1. The Kier molecular flexibility index (Phi) is 4.49. The molecule has 1 atom stereocenters. The van der Waals surface area contributed by atoms with Crippen molar-refractivity contribution in [1.29, 1.82) is 0 Å². The van der Waals surface area contributed by atoms with Crippen LogP contribution in [0.3, 0.4) is 0 Å². The number of likely N-dealkylation sites (N-methyl/N-ethyl adjacent to an activating group) is 1. The lowest BCUT2D eigenvalue weighted by Gasteiger charge is -2.34. The second-order valence-corrected chi connectivity index (χ2v) is 6.19. The molecule has 0 saturated carbocycles. The van der Waals surface area contributed by atoms with E-state index in [1.165, 1.54) is 0 Å². The van der Waals surface area contributed by atoms with Gasteiger partial charge in [0.25, 0.3) is 5.91 Å². The molecule has 0 bridgehead atoms. The largest absolute Gasteiger partial charge is 0.373 e. The summed E-state index contributed by atoms with van der Waals surface area (Å²) in [6.45, 7) is 2.64. The van der Waals surface area contributed by atoms with E-state index < -0.39 is 0 Å². The van der Waals surface area contributed by atoms with E-state index in [0.29, 0.717) is 25.3 Å². The lowest BCUT2D eigenvalue weighted by molar-refractivity contribution is -0.0306. The zero-order chi connectivity index (χ0) is 16.4. The van der Waals surface area contributed by atoms with Gasteiger partial charge in [-0.3, -0.25) is 9.48 Å². The minimum absolute atomic E-state index is 0.0390. The molecular weight excluding hydrogens is 294 g/mol. The molecule has 23 heavy (non-hydrogen) atoms. The third-order valence-corrected chi connectivity index (χ3v) is 3.99. The number of carbonyl (C=O) groups is 1. The number of rotatable bonds is 4. The quantitative estimate of drug-likeness (QED) is 0.906. The fraction of sp³-hybridized carbons (Fsp3) is 0.500. The molecule has 2 aromatic rings. The zero-order valence-corrected chi connectivity index (χ0v) is 13.8. The van der Waals surface area contributed by atoms with E-state index in [4.69, 9.17) is 4.74 Å². The average Bonchev–Trinajstić information content (AvgIpc) is 3.14. The van der Waals surface area contributed by atoms with Crippen LogP contribution in [0.5, 0.6) is 0 Å². The molecule has 1 N–H and O–H groups in total. The highest BCUT2D eigenvalue weighted by Crippen LogP contribution is 2.24. The number of amides is 1. The van der Waals surface area contributed by atoms with Gasteiger partial charge in [0.05, 0.1) is 24.5 Å². The number of carbonyl (C=O) groups excluding carboxylic acids is 1. The highest BCUT2D eigenvalue weighted by Gasteiger charge is 2.27. The van der Waals surface area contributed by atoms with Gasteiger partial charge in [-0.05, 0) is 14.1 Å². The molecule has 7 heteroatoms. The van der Waals surface area contributed by atoms with Crippen molar-refractivity contribution in [2.75, 3.05) is 40.3 Å². The molecule has 1 fully saturated rings. The first-order valence-corrected chi connectivity index (χ1v) is 7.76. The molecule has 7 nitrogen and oxygen atoms in total. The van der Waals surface area contributed by atoms with Crippen molar-refractivity contribution in [3.05, 3.63) is 30.4 Å². The van der Waals surface area contributed by atoms with E-state index in [9.17, 15) is 4.79 Å². The predicted molar refractivity (Wildman–Crippen MR) is 87.2 cm³/mol. The van der Waals surface area contributed by atoms with E-state index >= 15 is 0 Å². The summed E-state index contributed by atoms with van der Waals surface area (Å²) in [6, 6.07) is 0. The van der Waals surface area contributed by atoms with Crippen LogP contribution in [0.2, 0.25) is 0 Å². The van der Waals surface area contributed by atoms with Gasteiger partial charge in [0.2, 0.25) is 0 Å². The number of aromatic nitrogens is 3. The van der Waals surface area contributed by atoms with Crippen LogP contribution >= 0.6 is 0 Å². The second kappa shape index (κ2) is 6.55. The summed E-state index contributed by atoms with van der Waals surface area (Å²) >= 11 is 0. The van der Waals surface area contributed by atoms with Crippen LogP contribution in [0.1, 0.15) is 10.4 Å². The Balaban J connectivity index is 1.77. The number of nitrogens with one attached hydrogen (secondary N) is 1. The third-order valence-electron chi connectivity index (χ3n) is 3.99. The van der Waals surface area contributed by atoms with E-state index in [1.807, 2.05) is 38.4 Å². The van der Waals surface area contributed by atoms with E-state index in [-0.39, 0.29) is 12.0 Å². The molecule has 0 radical (unpaired) electrons. The fourth-order valence-corrected chi connectivity index (χ4v) is 2.93. The maximum Gasteiger partial charge on any atom is 0.256 e. The van der Waals surface area contributed by atoms with Crippen LogP contribution in [0.15, 0.2) is 24.8 Å². The van der Waals surface area contributed by atoms with Crippen molar-refractivity contribution in [2.45, 2.75) is 6.10 Å². The first-order valence-electron chi connectivity index (χ1n) is 7.76. The minimum Gasteiger partial charge on any atom is -0.373 e. The van der Waals surface area contributed by atoms with Crippen molar-refractivity contribution in [2.24, 2.45) is 7.05 Å². The Hall–Kier alpha value is -2.12. The second-order valence-electron chi connectivity index (χ2n) is 6.19. The van der Waals surface area contributed by atoms with Crippen molar-refractivity contribution in [3.8, 4) is 11.1 Å². The standard InChI is InChI=1S/C16H23N5O2/c1-19(2)10-13-11-21(4-5-23-13)16(22)15-8-17-7-14(15)12-6-18-20(3)9-12/h6-9,13,17H,4-5,10-11H2,1-3H3. The molecular formula is C16H23N5O2. The van der Waals surface area contributed by atoms with Gasteiger partial charge in [-0.2, -0.15) is 5.10 Å². The van der Waals surface area contributed by atoms with Crippen molar-refractivity contribution >= 4 is 5.91 Å². The first kappa shape index (κ1) is 15.8. The predicted octanol–water partition coefficient (Wildman–Crippen LogP) is 0.818. The lowest BCUT2D eigenvalue weighted by Crippen LogP contribution is -2.48. The summed E-state index contributed by atoms with van der Waals surface area (Å²) in [4.78, 5) is 19.9. The summed E-state index contributed by atoms with van der Waals surface area (Å²) in [5.41, 5.74) is 2.51. The molecule has 1 unspecified atom stereocenters. The van der Waals surface area contributed by atoms with Gasteiger partial charge in [0, 0.05) is 56.4 Å². The van der Waals surface area contributed by atoms with E-state index in [0.717, 1.165) is 17.7 Å². The molecule has 0 aromatic carbocycles. The number of H-pyrrole nitrogens is 1. The van der Waals surface area contributed by atoms with Gasteiger partial charge in [0.15, 0.2) is 0 Å². The molecule has 2 aromatic heterocycles. The number of morpholine rings is 1. The monoisotopic (exact) mass is 317 g/mol. The number of hydrogen-bond acceptors (Lipinski definition) is 4. The molecule has 1 aliphatic rings. The van der Waals surface area contributed by atoms with Crippen molar-refractivity contribution < 1.29 is 9.53 Å². The van der Waals surface area contributed by atoms with Gasteiger partial charge >= 0.3 is 0 Å². The minimum atomic E-state index is 0.0390. The molecule has 0 aliphatic carbocycles. The molecule has 0 spiro atoms. The van der Waals surface area contributed by atoms with E-state index in [2.05, 4.69) is 15.0 Å². The summed E-state index contributed by atoms with van der Waals surface area (Å²) in [5, 5.41) is 4.18. The molecule has 1 saturated heterocycles. The maximum atomic E-state index is 12.9. The Bertz CT molecular complexity index is 676. The van der Waals surface area contributed by atoms with Gasteiger partial charge < -0.3 is 19.5 Å². The smallest absolute Gasteiger partial charge is 0.256 e. The van der Waals surface area contributed by atoms with Crippen molar-refractivity contribution in [1.82, 2.24) is 24.6 Å². The topological polar surface area (TPSA) is 66.4 Å². The van der Waals surface area contributed by atoms with E-state index in [1.54, 1.807) is 17.1 Å². The van der Waals surface area contributed by atoms with Crippen LogP contribution in [0.4, 0.5) is 0 Å². The van der Waals surface area contributed by atoms with Gasteiger partial charge in [-0.15, -0.1) is 0 Å². The van der Waals surface area contributed by atoms with Crippen LogP contribution in [-0.2, 0) is 11.8 Å². The molecule has 1 aliphatic heterocycles. The summed E-state index contributed by atoms with van der Waals surface area (Å²) in [7, 11) is 5.89. The zero-order valence-electron chi connectivity index (χ0n) is 13.8. The molecule has 1 amide bonds. The Labute approximate surface area is 135 Å². The number of aryl methyl sites for hydroxylation is 1. The lowest BCUT2D eigenvalue weighted by atomic mass is 10.1. The Morgan fingerprint density at radius 1 is 1.48 bits per heavy atom. The maximum absolute atomic E-state index is 12.9. The number of nitrogens with zero attached hydrogens (tertiary/aromatic N) is 4. The van der Waals surface area contributed by atoms with Gasteiger partial charge in [0.1, 0.15) is 0 Å². The summed E-state index contributed by atoms with van der Waals surface area (Å²) < 4.78 is 7.48. The highest BCUT2D eigenvalue weighted by atomic mass is 16.5. The van der Waals surface area contributed by atoms with Crippen LogP contribution < -0.4 is 0 Å². The number of ether oxygens (including phenoxy) is 1. The summed E-state index contributed by atoms with van der Waals surface area (Å²) in [5.74, 6) is 0.0390. The van der Waals surface area contributed by atoms with Gasteiger partial charge in [-0.25, -0.2) is 0 Å². The number of aromatic amines is 1. The summed E-state index contributed by atoms with van der Waals surface area (Å²) in [6.07, 6.45) is 7.36. The molecule has 3 heterocycles. The SMILES string of the molecule is CN(C)CC1CN(C(=O)c2c[nH]cc2-c2cnn(C)c2)CCO1. The van der Waals surface area contributed by atoms with Crippen LogP contribution in [-0.4, -0.2) is 76.9 Å². The van der Waals surface area contributed by atoms with Gasteiger partial charge in [-0.1, -0.05) is 0 Å². The Morgan fingerprint density at radius 2 is 2.30 bits per heavy atom. The Morgan fingerprint density at radius 3 is 3.00 bits per heavy atom. The normalized spacial score (nSPS) is 18.6. The molecule has 3 rings (SSSR count). The average molecular weight is 317 g/mol. The van der Waals surface area contributed by atoms with Crippen LogP contribution in [0, 0.1) is 0 Å². The molecule has 124 valence electrons. The van der Waals surface area contributed by atoms with Crippen LogP contribution in [0.25, 0.3) is 11.1 Å². The van der Waals surface area contributed by atoms with Crippen molar-refractivity contribution in [3.63, 3.8) is 0 Å².